The Balaban J connectivity index is 0.00000461. The number of nitrogens with zero attached hydrogens (tertiary/aromatic N) is 1. The summed E-state index contributed by atoms with van der Waals surface area (Å²) in [7, 11) is 3.27. The van der Waals surface area contributed by atoms with E-state index in [4.69, 9.17) is 14.2 Å². The zero-order valence-electron chi connectivity index (χ0n) is 25.5. The van der Waals surface area contributed by atoms with Gasteiger partial charge in [-0.05, 0) is 92.0 Å². The third-order valence-electron chi connectivity index (χ3n) is 7.51. The Hall–Kier alpha value is -4.79. The Morgan fingerprint density at radius 1 is 0.867 bits per heavy atom. The smallest absolute Gasteiger partial charge is 0.335 e. The maximum atomic E-state index is 13.8. The van der Waals surface area contributed by atoms with E-state index < -0.39 is 5.97 Å². The molecule has 0 amide bonds. The minimum Gasteiger partial charge on any atom is -0.494 e. The van der Waals surface area contributed by atoms with Crippen LogP contribution < -0.4 is 19.5 Å². The highest BCUT2D eigenvalue weighted by Crippen LogP contribution is 2.31. The van der Waals surface area contributed by atoms with Crippen LogP contribution in [0.2, 0.25) is 0 Å². The van der Waals surface area contributed by atoms with E-state index >= 15 is 0 Å². The number of rotatable bonds is 14. The van der Waals surface area contributed by atoms with Gasteiger partial charge in [-0.25, -0.2) is 4.79 Å². The van der Waals surface area contributed by atoms with Crippen LogP contribution in [0.3, 0.4) is 0 Å². The summed E-state index contributed by atoms with van der Waals surface area (Å²) in [6.07, 6.45) is 3.32. The molecule has 0 aliphatic rings. The lowest BCUT2D eigenvalue weighted by Crippen LogP contribution is -2.29. The van der Waals surface area contributed by atoms with Crippen LogP contribution in [0.5, 0.6) is 17.2 Å². The number of carboxylic acid groups (broad SMARTS) is 1. The van der Waals surface area contributed by atoms with Crippen LogP contribution in [0, 0.1) is 0 Å². The molecule has 0 saturated carbocycles. The number of carbonyl (C=O) groups excluding carboxylic acids is 1. The highest BCUT2D eigenvalue weighted by atomic mass is 35.5. The van der Waals surface area contributed by atoms with Crippen LogP contribution in [0.4, 0.5) is 0 Å². The average molecular weight is 629 g/mol. The van der Waals surface area contributed by atoms with E-state index in [1.54, 1.807) is 55.1 Å². The number of ether oxygens (including phenoxy) is 3. The maximum Gasteiger partial charge on any atom is 0.335 e. The van der Waals surface area contributed by atoms with Gasteiger partial charge in [0.2, 0.25) is 5.78 Å². The zero-order valence-corrected chi connectivity index (χ0v) is 26.3. The first-order valence-corrected chi connectivity index (χ1v) is 14.5. The van der Waals surface area contributed by atoms with Gasteiger partial charge in [0.05, 0.1) is 26.4 Å². The van der Waals surface area contributed by atoms with Crippen LogP contribution in [0.1, 0.15) is 45.3 Å². The van der Waals surface area contributed by atoms with E-state index in [1.807, 2.05) is 54.6 Å². The fourth-order valence-electron chi connectivity index (χ4n) is 5.26. The van der Waals surface area contributed by atoms with Gasteiger partial charge in [-0.2, -0.15) is 0 Å². The number of pyridine rings is 1. The van der Waals surface area contributed by atoms with Gasteiger partial charge in [-0.3, -0.25) is 4.79 Å². The lowest BCUT2D eigenvalue weighted by molar-refractivity contribution is 0.0696. The van der Waals surface area contributed by atoms with Crippen molar-refractivity contribution < 1.29 is 28.9 Å². The molecule has 234 valence electrons. The molecule has 0 spiro atoms. The molecule has 0 radical (unpaired) electrons. The summed E-state index contributed by atoms with van der Waals surface area (Å²) in [6.45, 7) is 3.49. The number of ketones is 1. The first-order valence-electron chi connectivity index (χ1n) is 14.5. The van der Waals surface area contributed by atoms with Gasteiger partial charge in [-0.1, -0.05) is 36.4 Å². The van der Waals surface area contributed by atoms with Crippen molar-refractivity contribution in [1.29, 1.82) is 0 Å². The SMILES string of the molecule is COc1ccc(CC(C)NCCCOc2ccc(C(=O)c3c(-c4ccccc4)cc4cc(C(=O)O)ccn34)cc2)cc1OC.Cl. The third kappa shape index (κ3) is 7.84. The summed E-state index contributed by atoms with van der Waals surface area (Å²) in [5, 5.41) is 13.0. The molecule has 5 aromatic rings. The number of carboxylic acids is 1. The number of benzene rings is 3. The van der Waals surface area contributed by atoms with Crippen LogP contribution in [0.15, 0.2) is 97.2 Å². The minimum absolute atomic E-state index is 0. The van der Waals surface area contributed by atoms with Gasteiger partial charge >= 0.3 is 5.97 Å². The molecule has 0 bridgehead atoms. The second-order valence-electron chi connectivity index (χ2n) is 10.6. The van der Waals surface area contributed by atoms with E-state index in [0.717, 1.165) is 42.0 Å². The van der Waals surface area contributed by atoms with E-state index in [2.05, 4.69) is 12.2 Å². The predicted molar refractivity (Wildman–Crippen MR) is 178 cm³/mol. The summed E-state index contributed by atoms with van der Waals surface area (Å²) >= 11 is 0. The van der Waals surface area contributed by atoms with E-state index in [9.17, 15) is 14.7 Å². The molecule has 2 aromatic heterocycles. The number of hydrogen-bond donors (Lipinski definition) is 2. The number of aromatic nitrogens is 1. The van der Waals surface area contributed by atoms with E-state index in [0.29, 0.717) is 29.1 Å². The first-order chi connectivity index (χ1) is 21.4. The highest BCUT2D eigenvalue weighted by Gasteiger charge is 2.21. The van der Waals surface area contributed by atoms with Crippen molar-refractivity contribution in [2.75, 3.05) is 27.4 Å². The molecule has 0 saturated heterocycles. The standard InChI is InChI=1S/C36H36N2O6.ClH/c1-24(20-25-10-15-32(42-2)33(21-25)43-3)37-17-7-19-44-30-13-11-27(12-14-30)35(39)34-31(26-8-5-4-6-9-26)23-29-22-28(36(40)41)16-18-38(29)34;/h4-6,8-16,18,21-24,37H,7,17,19-20H2,1-3H3,(H,40,41);1H. The van der Waals surface area contributed by atoms with Crippen LogP contribution in [-0.2, 0) is 6.42 Å². The van der Waals surface area contributed by atoms with Crippen molar-refractivity contribution in [3.8, 4) is 28.4 Å². The second kappa shape index (κ2) is 15.3. The van der Waals surface area contributed by atoms with Gasteiger partial charge < -0.3 is 29.0 Å². The fourth-order valence-corrected chi connectivity index (χ4v) is 5.26. The fraction of sp³-hybridized carbons (Fsp3) is 0.222. The highest BCUT2D eigenvalue weighted by molar-refractivity contribution is 6.13. The van der Waals surface area contributed by atoms with Crippen molar-refractivity contribution in [2.24, 2.45) is 0 Å². The van der Waals surface area contributed by atoms with Gasteiger partial charge in [0.1, 0.15) is 11.4 Å². The summed E-state index contributed by atoms with van der Waals surface area (Å²) in [5.41, 5.74) is 4.58. The number of carbonyl (C=O) groups is 2. The molecule has 5 rings (SSSR count). The van der Waals surface area contributed by atoms with Gasteiger partial charge in [-0.15, -0.1) is 12.4 Å². The number of hydrogen-bond acceptors (Lipinski definition) is 6. The molecule has 45 heavy (non-hydrogen) atoms. The van der Waals surface area contributed by atoms with Crippen molar-refractivity contribution in [3.05, 3.63) is 120 Å². The normalized spacial score (nSPS) is 11.4. The Morgan fingerprint density at radius 2 is 1.60 bits per heavy atom. The molecule has 2 N–H and O–H groups in total. The molecule has 1 unspecified atom stereocenters. The van der Waals surface area contributed by atoms with E-state index in [-0.39, 0.29) is 29.8 Å². The number of fused-ring (bicyclic) bond motifs is 1. The van der Waals surface area contributed by atoms with Crippen LogP contribution >= 0.6 is 12.4 Å². The van der Waals surface area contributed by atoms with Gasteiger partial charge in [0, 0.05) is 28.9 Å². The van der Waals surface area contributed by atoms with Crippen LogP contribution in [-0.4, -0.2) is 54.7 Å². The average Bonchev–Trinajstić information content (AvgIpc) is 3.44. The lowest BCUT2D eigenvalue weighted by atomic mass is 10.0. The molecular formula is C36H37ClN2O6. The molecule has 0 fully saturated rings. The molecular weight excluding hydrogens is 592 g/mol. The number of nitrogens with one attached hydrogen (secondary N) is 1. The Kier molecular flexibility index (Phi) is 11.2. The van der Waals surface area contributed by atoms with Crippen LogP contribution in [0.25, 0.3) is 16.6 Å². The molecule has 9 heteroatoms. The largest absolute Gasteiger partial charge is 0.494 e. The molecule has 8 nitrogen and oxygen atoms in total. The molecule has 1 atom stereocenters. The monoisotopic (exact) mass is 628 g/mol. The minimum atomic E-state index is -1.02. The summed E-state index contributed by atoms with van der Waals surface area (Å²) in [6, 6.07) is 27.9. The first kappa shape index (κ1) is 33.1. The molecule has 3 aromatic carbocycles. The maximum absolute atomic E-state index is 13.8. The number of methoxy groups -OCH3 is 2. The zero-order chi connectivity index (χ0) is 31.1. The van der Waals surface area contributed by atoms with Crippen molar-refractivity contribution in [2.45, 2.75) is 25.8 Å². The summed E-state index contributed by atoms with van der Waals surface area (Å²) in [4.78, 5) is 25.3. The number of halogens is 1. The second-order valence-corrected chi connectivity index (χ2v) is 10.6. The predicted octanol–water partition coefficient (Wildman–Crippen LogP) is 6.96. The van der Waals surface area contributed by atoms with Gasteiger partial charge in [0.15, 0.2) is 11.5 Å². The number of aromatic carboxylic acids is 1. The summed E-state index contributed by atoms with van der Waals surface area (Å²) < 4.78 is 18.4. The molecule has 0 aliphatic carbocycles. The summed E-state index contributed by atoms with van der Waals surface area (Å²) in [5.74, 6) is 0.961. The topological polar surface area (TPSA) is 98.5 Å². The van der Waals surface area contributed by atoms with E-state index in [1.165, 1.54) is 11.6 Å². The Bertz CT molecular complexity index is 1750. The lowest BCUT2D eigenvalue weighted by Gasteiger charge is -2.15. The van der Waals surface area contributed by atoms with Crippen molar-refractivity contribution in [1.82, 2.24) is 9.72 Å². The molecule has 0 aliphatic heterocycles. The third-order valence-corrected chi connectivity index (χ3v) is 7.51. The molecule has 2 heterocycles. The Morgan fingerprint density at radius 3 is 2.29 bits per heavy atom. The van der Waals surface area contributed by atoms with Gasteiger partial charge in [0.25, 0.3) is 0 Å². The Labute approximate surface area is 269 Å². The van der Waals surface area contributed by atoms with Crippen molar-refractivity contribution >= 4 is 29.7 Å². The quantitative estimate of drug-likeness (QED) is 0.101. The van der Waals surface area contributed by atoms with Crippen molar-refractivity contribution in [3.63, 3.8) is 0 Å².